The topological polar surface area (TPSA) is 61.6 Å². The van der Waals surface area contributed by atoms with E-state index in [1.807, 2.05) is 0 Å². The molecule has 0 aromatic heterocycles. The lowest BCUT2D eigenvalue weighted by Gasteiger charge is -2.10. The number of rotatable bonds is 8. The van der Waals surface area contributed by atoms with Crippen LogP contribution in [0.25, 0.3) is 0 Å². The molecule has 0 N–H and O–H groups in total. The lowest BCUT2D eigenvalue weighted by molar-refractivity contribution is -0.385. The average molecular weight is 318 g/mol. The molecule has 0 radical (unpaired) electrons. The highest BCUT2D eigenvalue weighted by molar-refractivity contribution is 9.09. The Hall–Kier alpha value is -1.30. The van der Waals surface area contributed by atoms with Crippen molar-refractivity contribution in [3.8, 4) is 11.5 Å². The zero-order chi connectivity index (χ0) is 13.4. The Balaban J connectivity index is 2.61. The second-order valence-corrected chi connectivity index (χ2v) is 4.48. The van der Waals surface area contributed by atoms with Gasteiger partial charge in [-0.1, -0.05) is 15.9 Å². The summed E-state index contributed by atoms with van der Waals surface area (Å²) in [6.07, 6.45) is 3.06. The Morgan fingerprint density at radius 2 is 2.06 bits per heavy atom. The molecule has 0 aliphatic heterocycles. The highest BCUT2D eigenvalue weighted by Gasteiger charge is 2.12. The predicted octanol–water partition coefficient (Wildman–Crippen LogP) is 3.55. The molecule has 18 heavy (non-hydrogen) atoms. The van der Waals surface area contributed by atoms with Gasteiger partial charge in [-0.2, -0.15) is 0 Å². The second-order valence-electron chi connectivity index (χ2n) is 3.69. The van der Waals surface area contributed by atoms with Crippen LogP contribution in [0.15, 0.2) is 18.2 Å². The van der Waals surface area contributed by atoms with Crippen molar-refractivity contribution in [3.63, 3.8) is 0 Å². The van der Waals surface area contributed by atoms with E-state index in [0.29, 0.717) is 18.1 Å². The SMILES string of the molecule is COc1ccc([N+](=O)[O-])cc1OCCCCCBr. The first-order chi connectivity index (χ1) is 8.69. The van der Waals surface area contributed by atoms with Gasteiger partial charge in [0.25, 0.3) is 5.69 Å². The molecule has 0 unspecified atom stereocenters. The molecule has 0 bridgehead atoms. The molecule has 0 saturated carbocycles. The van der Waals surface area contributed by atoms with Gasteiger partial charge in [-0.15, -0.1) is 0 Å². The molecule has 0 amide bonds. The lowest BCUT2D eigenvalue weighted by Crippen LogP contribution is -2.00. The Kier molecular flexibility index (Phi) is 6.49. The van der Waals surface area contributed by atoms with Crippen LogP contribution in [0.2, 0.25) is 0 Å². The highest BCUT2D eigenvalue weighted by atomic mass is 79.9. The number of benzene rings is 1. The molecule has 6 heteroatoms. The number of ether oxygens (including phenoxy) is 2. The molecule has 1 rings (SSSR count). The van der Waals surface area contributed by atoms with E-state index in [0.717, 1.165) is 24.6 Å². The smallest absolute Gasteiger partial charge is 0.273 e. The molecule has 0 spiro atoms. The number of unbranched alkanes of at least 4 members (excludes halogenated alkanes) is 2. The molecule has 1 aromatic rings. The quantitative estimate of drug-likeness (QED) is 0.318. The van der Waals surface area contributed by atoms with E-state index in [2.05, 4.69) is 15.9 Å². The summed E-state index contributed by atoms with van der Waals surface area (Å²) in [5.74, 6) is 0.937. The van der Waals surface area contributed by atoms with Gasteiger partial charge in [0.1, 0.15) is 0 Å². The molecule has 0 fully saturated rings. The normalized spacial score (nSPS) is 10.1. The molecular formula is C12H16BrNO4. The Labute approximate surface area is 114 Å². The van der Waals surface area contributed by atoms with Crippen LogP contribution in [0.1, 0.15) is 19.3 Å². The third-order valence-corrected chi connectivity index (χ3v) is 2.95. The van der Waals surface area contributed by atoms with Gasteiger partial charge in [-0.25, -0.2) is 0 Å². The summed E-state index contributed by atoms with van der Waals surface area (Å²) in [7, 11) is 1.51. The van der Waals surface area contributed by atoms with Gasteiger partial charge in [0.05, 0.1) is 24.7 Å². The minimum absolute atomic E-state index is 0.00579. The number of nitro benzene ring substituents is 1. The van der Waals surface area contributed by atoms with Crippen LogP contribution in [0.4, 0.5) is 5.69 Å². The second kappa shape index (κ2) is 7.92. The fraction of sp³-hybridized carbons (Fsp3) is 0.500. The highest BCUT2D eigenvalue weighted by Crippen LogP contribution is 2.31. The first kappa shape index (κ1) is 14.8. The number of nitro groups is 1. The zero-order valence-electron chi connectivity index (χ0n) is 10.2. The lowest BCUT2D eigenvalue weighted by atomic mass is 10.2. The van der Waals surface area contributed by atoms with Crippen LogP contribution >= 0.6 is 15.9 Å². The van der Waals surface area contributed by atoms with Crippen molar-refractivity contribution >= 4 is 21.6 Å². The number of halogens is 1. The summed E-state index contributed by atoms with van der Waals surface area (Å²) in [6.45, 7) is 0.532. The molecule has 0 aliphatic rings. The summed E-state index contributed by atoms with van der Waals surface area (Å²) in [5.41, 5.74) is 0.00579. The first-order valence-electron chi connectivity index (χ1n) is 5.70. The van der Waals surface area contributed by atoms with Crippen LogP contribution in [0.5, 0.6) is 11.5 Å². The van der Waals surface area contributed by atoms with E-state index in [9.17, 15) is 10.1 Å². The Bertz CT molecular complexity index is 398. The monoisotopic (exact) mass is 317 g/mol. The van der Waals surface area contributed by atoms with Crippen molar-refractivity contribution in [1.82, 2.24) is 0 Å². The van der Waals surface area contributed by atoms with E-state index in [-0.39, 0.29) is 5.69 Å². The molecule has 0 aliphatic carbocycles. The average Bonchev–Trinajstić information content (AvgIpc) is 2.38. The molecule has 100 valence electrons. The summed E-state index contributed by atoms with van der Waals surface area (Å²) >= 11 is 3.36. The summed E-state index contributed by atoms with van der Waals surface area (Å²) in [4.78, 5) is 10.2. The molecule has 0 saturated heterocycles. The zero-order valence-corrected chi connectivity index (χ0v) is 11.8. The van der Waals surface area contributed by atoms with Crippen LogP contribution < -0.4 is 9.47 Å². The van der Waals surface area contributed by atoms with Crippen molar-refractivity contribution in [2.45, 2.75) is 19.3 Å². The number of non-ortho nitro benzene ring substituents is 1. The molecule has 5 nitrogen and oxygen atoms in total. The van der Waals surface area contributed by atoms with Crippen LogP contribution in [0.3, 0.4) is 0 Å². The summed E-state index contributed by atoms with van der Waals surface area (Å²) < 4.78 is 10.6. The van der Waals surface area contributed by atoms with Gasteiger partial charge in [0.2, 0.25) is 0 Å². The maximum atomic E-state index is 10.7. The largest absolute Gasteiger partial charge is 0.493 e. The number of hydrogen-bond acceptors (Lipinski definition) is 4. The maximum Gasteiger partial charge on any atom is 0.273 e. The molecule has 0 heterocycles. The summed E-state index contributed by atoms with van der Waals surface area (Å²) in [6, 6.07) is 4.34. The van der Waals surface area contributed by atoms with E-state index in [1.165, 1.54) is 19.2 Å². The van der Waals surface area contributed by atoms with E-state index in [1.54, 1.807) is 6.07 Å². The van der Waals surface area contributed by atoms with Crippen LogP contribution in [-0.2, 0) is 0 Å². The first-order valence-corrected chi connectivity index (χ1v) is 6.82. The van der Waals surface area contributed by atoms with Gasteiger partial charge in [0.15, 0.2) is 11.5 Å². The van der Waals surface area contributed by atoms with Gasteiger partial charge in [-0.3, -0.25) is 10.1 Å². The standard InChI is InChI=1S/C12H16BrNO4/c1-17-11-6-5-10(14(15)16)9-12(11)18-8-4-2-3-7-13/h5-6,9H,2-4,7-8H2,1H3. The van der Waals surface area contributed by atoms with Gasteiger partial charge < -0.3 is 9.47 Å². The van der Waals surface area contributed by atoms with Gasteiger partial charge in [-0.05, 0) is 25.3 Å². The van der Waals surface area contributed by atoms with Gasteiger partial charge >= 0.3 is 0 Å². The van der Waals surface area contributed by atoms with Crippen molar-refractivity contribution in [1.29, 1.82) is 0 Å². The minimum Gasteiger partial charge on any atom is -0.493 e. The fourth-order valence-corrected chi connectivity index (χ4v) is 1.84. The number of alkyl halides is 1. The van der Waals surface area contributed by atoms with Crippen molar-refractivity contribution < 1.29 is 14.4 Å². The van der Waals surface area contributed by atoms with Crippen molar-refractivity contribution in [2.24, 2.45) is 0 Å². The molecular weight excluding hydrogens is 302 g/mol. The molecule has 0 atom stereocenters. The van der Waals surface area contributed by atoms with Gasteiger partial charge in [0, 0.05) is 11.4 Å². The van der Waals surface area contributed by atoms with E-state index >= 15 is 0 Å². The number of nitrogens with zero attached hydrogens (tertiary/aromatic N) is 1. The number of hydrogen-bond donors (Lipinski definition) is 0. The van der Waals surface area contributed by atoms with Crippen molar-refractivity contribution in [3.05, 3.63) is 28.3 Å². The Morgan fingerprint density at radius 3 is 2.67 bits per heavy atom. The van der Waals surface area contributed by atoms with E-state index in [4.69, 9.17) is 9.47 Å². The van der Waals surface area contributed by atoms with Crippen LogP contribution in [-0.4, -0.2) is 24.0 Å². The third-order valence-electron chi connectivity index (χ3n) is 2.39. The minimum atomic E-state index is -0.447. The predicted molar refractivity (Wildman–Crippen MR) is 72.8 cm³/mol. The molecule has 1 aromatic carbocycles. The maximum absolute atomic E-state index is 10.7. The Morgan fingerprint density at radius 1 is 1.28 bits per heavy atom. The number of methoxy groups -OCH3 is 1. The third kappa shape index (κ3) is 4.52. The fourth-order valence-electron chi connectivity index (χ4n) is 1.45. The van der Waals surface area contributed by atoms with E-state index < -0.39 is 4.92 Å². The van der Waals surface area contributed by atoms with Crippen molar-refractivity contribution in [2.75, 3.05) is 19.0 Å². The van der Waals surface area contributed by atoms with Crippen LogP contribution in [0, 0.1) is 10.1 Å². The summed E-state index contributed by atoms with van der Waals surface area (Å²) in [5, 5.41) is 11.7.